The van der Waals surface area contributed by atoms with Gasteiger partial charge in [0.2, 0.25) is 10.9 Å². The number of fused-ring (bicyclic) bond motifs is 4. The van der Waals surface area contributed by atoms with Crippen molar-refractivity contribution in [2.45, 2.75) is 129 Å². The van der Waals surface area contributed by atoms with Crippen LogP contribution < -0.4 is 64.1 Å². The van der Waals surface area contributed by atoms with Crippen LogP contribution in [-0.2, 0) is 25.7 Å². The highest BCUT2D eigenvalue weighted by molar-refractivity contribution is 5.63. The molecule has 0 radical (unpaired) electrons. The van der Waals surface area contributed by atoms with E-state index in [0.29, 0.717) is 30.0 Å². The first-order chi connectivity index (χ1) is 35.8. The molecule has 4 aliphatic heterocycles. The fraction of sp³-hybridized carbons (Fsp3) is 0.365. The van der Waals surface area contributed by atoms with Crippen molar-refractivity contribution in [3.8, 4) is 5.75 Å². The summed E-state index contributed by atoms with van der Waals surface area (Å²) in [5, 5.41) is 19.1. The molecule has 10 rings (SSSR count). The molecule has 6 aromatic carbocycles. The van der Waals surface area contributed by atoms with Gasteiger partial charge in [0, 0.05) is 64.2 Å². The third kappa shape index (κ3) is 17.9. The quantitative estimate of drug-likeness (QED) is 0.0815. The summed E-state index contributed by atoms with van der Waals surface area (Å²) in [5.74, 6) is 0.150. The normalized spacial score (nSPS) is 13.2. The summed E-state index contributed by atoms with van der Waals surface area (Å²) < 4.78 is 4.68. The standard InChI is InChI=1S/4C11H13N.C7H9NO3.C7H9NO2.C3H8.C2H7N/c4*1-8-7-10-5-3-4-6-11(10)12-9(8)2;1-3-8-4-5(9)6(10)7(4)11-2;1-3-8-5-4(2)6(9)7(5)10;1-3-2;1-2-3/h4*3-6,12H,7H2,1-2H3;8H,3H2,1-2H3;8H,3H2,1-2H3;3H2,1-2H3;2-3H2,1H3. The number of para-hydroxylation sites is 4. The van der Waals surface area contributed by atoms with E-state index in [1.807, 2.05) is 20.8 Å². The average molecular weight is 1020 g/mol. The van der Waals surface area contributed by atoms with Gasteiger partial charge in [0.1, 0.15) is 5.69 Å². The minimum atomic E-state index is -0.538. The lowest BCUT2D eigenvalue weighted by molar-refractivity contribution is 0.407. The van der Waals surface area contributed by atoms with Crippen LogP contribution in [0.1, 0.15) is 124 Å². The molecule has 6 aromatic rings. The molecule has 4 aliphatic rings. The molecule has 75 heavy (non-hydrogen) atoms. The average Bonchev–Trinajstić information content (AvgIpc) is 3.40. The molecule has 0 saturated heterocycles. The van der Waals surface area contributed by atoms with Gasteiger partial charge in [0.05, 0.1) is 12.8 Å². The van der Waals surface area contributed by atoms with Crippen LogP contribution in [0.4, 0.5) is 34.1 Å². The Morgan fingerprint density at radius 1 is 0.427 bits per heavy atom. The molecule has 12 nitrogen and oxygen atoms in total. The second kappa shape index (κ2) is 31.3. The Hall–Kier alpha value is -7.44. The Labute approximate surface area is 447 Å². The molecule has 0 aliphatic carbocycles. The van der Waals surface area contributed by atoms with Crippen LogP contribution in [0.5, 0.6) is 5.75 Å². The van der Waals surface area contributed by atoms with Crippen molar-refractivity contribution in [3.05, 3.63) is 211 Å². The molecule has 0 atom stereocenters. The van der Waals surface area contributed by atoms with Crippen molar-refractivity contribution in [1.29, 1.82) is 0 Å². The minimum absolute atomic E-state index is 0.150. The van der Waals surface area contributed by atoms with E-state index in [4.69, 9.17) is 5.73 Å². The smallest absolute Gasteiger partial charge is 0.271 e. The molecule has 0 spiro atoms. The third-order valence-corrected chi connectivity index (χ3v) is 12.7. The number of benzene rings is 4. The summed E-state index contributed by atoms with van der Waals surface area (Å²) in [6.45, 7) is 30.8. The first-order valence-electron chi connectivity index (χ1n) is 26.2. The van der Waals surface area contributed by atoms with E-state index in [0.717, 1.165) is 32.2 Å². The van der Waals surface area contributed by atoms with E-state index < -0.39 is 10.9 Å². The number of ether oxygens (including phenoxy) is 1. The number of anilines is 6. The van der Waals surface area contributed by atoms with Gasteiger partial charge in [-0.25, -0.2) is 0 Å². The molecular formula is C63H85N7O5. The summed E-state index contributed by atoms with van der Waals surface area (Å²) in [7, 11) is 1.37. The fourth-order valence-electron chi connectivity index (χ4n) is 7.89. The monoisotopic (exact) mass is 1020 g/mol. The molecule has 0 saturated carbocycles. The van der Waals surface area contributed by atoms with E-state index in [2.05, 4.69) is 203 Å². The Balaban J connectivity index is 0.000000232. The zero-order chi connectivity index (χ0) is 55.8. The van der Waals surface area contributed by atoms with Crippen LogP contribution in [-0.4, -0.2) is 26.7 Å². The zero-order valence-electron chi connectivity index (χ0n) is 47.5. The lowest BCUT2D eigenvalue weighted by Gasteiger charge is -2.20. The SMILES string of the molecule is CC1=C(C)Nc2ccccc2C1.CC1=C(C)Nc2ccccc2C1.CC1=C(C)Nc2ccccc2C1.CC1=C(C)Nc2ccccc2C1.CCC.CCN.CCNc1c(C)c(=O)c1=O.CCNc1c(OC)c(=O)c1=O. The molecule has 0 unspecified atom stereocenters. The highest BCUT2D eigenvalue weighted by Crippen LogP contribution is 2.29. The molecule has 4 heterocycles. The van der Waals surface area contributed by atoms with Crippen molar-refractivity contribution < 1.29 is 4.74 Å². The number of hydrogen-bond donors (Lipinski definition) is 7. The number of methoxy groups -OCH3 is 1. The minimum Gasteiger partial charge on any atom is -0.491 e. The second-order valence-electron chi connectivity index (χ2n) is 18.9. The van der Waals surface area contributed by atoms with Gasteiger partial charge >= 0.3 is 0 Å². The number of allylic oxidation sites excluding steroid dienone is 8. The van der Waals surface area contributed by atoms with Gasteiger partial charge in [-0.3, -0.25) is 19.2 Å². The zero-order valence-corrected chi connectivity index (χ0v) is 47.5. The maximum atomic E-state index is 10.8. The highest BCUT2D eigenvalue weighted by atomic mass is 16.5. The first kappa shape index (κ1) is 61.9. The molecule has 0 fully saturated rings. The predicted molar refractivity (Wildman–Crippen MR) is 322 cm³/mol. The molecule has 8 N–H and O–H groups in total. The number of hydrogen-bond acceptors (Lipinski definition) is 12. The van der Waals surface area contributed by atoms with Crippen LogP contribution >= 0.6 is 0 Å². The summed E-state index contributed by atoms with van der Waals surface area (Å²) in [4.78, 5) is 42.8. The Bertz CT molecular complexity index is 2670. The third-order valence-electron chi connectivity index (χ3n) is 12.7. The van der Waals surface area contributed by atoms with Crippen LogP contribution in [0, 0.1) is 6.92 Å². The van der Waals surface area contributed by atoms with Crippen molar-refractivity contribution >= 4 is 34.1 Å². The molecule has 402 valence electrons. The predicted octanol–water partition coefficient (Wildman–Crippen LogP) is 12.9. The van der Waals surface area contributed by atoms with E-state index in [9.17, 15) is 19.2 Å². The first-order valence-corrected chi connectivity index (χ1v) is 26.2. The Morgan fingerprint density at radius 3 is 0.933 bits per heavy atom. The van der Waals surface area contributed by atoms with E-state index in [1.54, 1.807) is 6.92 Å². The van der Waals surface area contributed by atoms with Gasteiger partial charge in [-0.05, 0) is 177 Å². The lowest BCUT2D eigenvalue weighted by Crippen LogP contribution is -2.36. The largest absolute Gasteiger partial charge is 0.491 e. The van der Waals surface area contributed by atoms with Crippen molar-refractivity contribution in [3.63, 3.8) is 0 Å². The van der Waals surface area contributed by atoms with Crippen molar-refractivity contribution in [2.75, 3.05) is 58.6 Å². The Morgan fingerprint density at radius 2 is 0.680 bits per heavy atom. The maximum absolute atomic E-state index is 10.8. The van der Waals surface area contributed by atoms with E-state index in [-0.39, 0.29) is 16.6 Å². The number of nitrogens with one attached hydrogen (secondary N) is 6. The summed E-state index contributed by atoms with van der Waals surface area (Å²) in [5.41, 5.74) is 26.1. The summed E-state index contributed by atoms with van der Waals surface area (Å²) >= 11 is 0. The molecule has 0 bridgehead atoms. The molecule has 0 amide bonds. The van der Waals surface area contributed by atoms with Crippen molar-refractivity contribution in [2.24, 2.45) is 5.73 Å². The van der Waals surface area contributed by atoms with Gasteiger partial charge in [-0.15, -0.1) is 0 Å². The fourth-order valence-corrected chi connectivity index (χ4v) is 7.89. The summed E-state index contributed by atoms with van der Waals surface area (Å²) in [6, 6.07) is 33.9. The van der Waals surface area contributed by atoms with Crippen molar-refractivity contribution in [1.82, 2.24) is 0 Å². The van der Waals surface area contributed by atoms with E-state index in [1.165, 1.54) is 104 Å². The van der Waals surface area contributed by atoms with Crippen LogP contribution in [0.3, 0.4) is 0 Å². The highest BCUT2D eigenvalue weighted by Gasteiger charge is 2.20. The van der Waals surface area contributed by atoms with Gasteiger partial charge in [-0.1, -0.05) is 100.0 Å². The number of rotatable bonds is 5. The maximum Gasteiger partial charge on any atom is 0.271 e. The van der Waals surface area contributed by atoms with Gasteiger partial charge < -0.3 is 42.4 Å². The Kier molecular flexibility index (Phi) is 25.8. The molecule has 0 aromatic heterocycles. The van der Waals surface area contributed by atoms with E-state index >= 15 is 0 Å². The molecular weight excluding hydrogens is 935 g/mol. The topological polar surface area (TPSA) is 176 Å². The van der Waals surface area contributed by atoms with Gasteiger partial charge in [0.25, 0.3) is 10.9 Å². The molecule has 12 heteroatoms. The lowest BCUT2D eigenvalue weighted by atomic mass is 9.99. The van der Waals surface area contributed by atoms with Crippen LogP contribution in [0.2, 0.25) is 0 Å². The van der Waals surface area contributed by atoms with Crippen LogP contribution in [0.25, 0.3) is 0 Å². The van der Waals surface area contributed by atoms with Gasteiger partial charge in [0.15, 0.2) is 5.75 Å². The second-order valence-corrected chi connectivity index (χ2v) is 18.9. The van der Waals surface area contributed by atoms with Crippen LogP contribution in [0.15, 0.2) is 161 Å². The number of nitrogens with two attached hydrogens (primary N) is 1. The summed E-state index contributed by atoms with van der Waals surface area (Å²) in [6.07, 6.45) is 5.62. The van der Waals surface area contributed by atoms with Gasteiger partial charge in [-0.2, -0.15) is 0 Å².